The molecule has 0 fully saturated rings. The predicted octanol–water partition coefficient (Wildman–Crippen LogP) is 5.10. The number of hydrogen-bond donors (Lipinski definition) is 2. The number of H-pyrrole nitrogens is 1. The number of aromatic nitrogens is 1. The molecule has 13 heteroatoms. The second kappa shape index (κ2) is 17.6. The molecule has 0 spiro atoms. The topological polar surface area (TPSA) is 163 Å². The van der Waals surface area contributed by atoms with Crippen molar-refractivity contribution in [3.63, 3.8) is 0 Å². The summed E-state index contributed by atoms with van der Waals surface area (Å²) < 4.78 is 31.0. The van der Waals surface area contributed by atoms with Gasteiger partial charge < -0.3 is 38.5 Å². The second-order valence-corrected chi connectivity index (χ2v) is 10.8. The van der Waals surface area contributed by atoms with Gasteiger partial charge in [0.15, 0.2) is 19.4 Å². The van der Waals surface area contributed by atoms with E-state index in [0.717, 1.165) is 11.1 Å². The standard InChI is InChI=1S/C35H38N2O11/c1-23(16-31(41)46-21-43-2)37(18-24-10-6-4-7-11-24)19-28(38)26-14-15-29(45-20-25-12-8-5-9-13-25)33-32(26)27(17-30(39)40)34(36-33)48-35(42)47-22-44-3/h4-15,23,36H,16-22H2,1-3H3,(H,39,40). The summed E-state index contributed by atoms with van der Waals surface area (Å²) in [5.41, 5.74) is 2.25. The van der Waals surface area contributed by atoms with Crippen molar-refractivity contribution in [1.82, 2.24) is 9.88 Å². The van der Waals surface area contributed by atoms with E-state index < -0.39 is 37.3 Å². The summed E-state index contributed by atoms with van der Waals surface area (Å²) >= 11 is 0. The van der Waals surface area contributed by atoms with Crippen LogP contribution in [0, 0.1) is 0 Å². The molecule has 4 aromatic rings. The molecule has 254 valence electrons. The number of nitrogens with one attached hydrogen (secondary N) is 1. The number of carbonyl (C=O) groups is 4. The van der Waals surface area contributed by atoms with Gasteiger partial charge in [0.2, 0.25) is 5.88 Å². The van der Waals surface area contributed by atoms with E-state index in [1.165, 1.54) is 14.2 Å². The van der Waals surface area contributed by atoms with Gasteiger partial charge >= 0.3 is 18.1 Å². The molecule has 0 aliphatic rings. The number of aliphatic carboxylic acids is 1. The highest BCUT2D eigenvalue weighted by molar-refractivity contribution is 6.12. The molecule has 48 heavy (non-hydrogen) atoms. The van der Waals surface area contributed by atoms with Crippen LogP contribution in [0.4, 0.5) is 4.79 Å². The Balaban J connectivity index is 1.75. The second-order valence-electron chi connectivity index (χ2n) is 10.8. The number of ketones is 1. The number of methoxy groups -OCH3 is 2. The number of hydrogen-bond acceptors (Lipinski definition) is 11. The van der Waals surface area contributed by atoms with Crippen LogP contribution in [0.5, 0.6) is 11.6 Å². The fraction of sp³-hybridized carbons (Fsp3) is 0.314. The van der Waals surface area contributed by atoms with Crippen molar-refractivity contribution >= 4 is 34.8 Å². The van der Waals surface area contributed by atoms with Crippen molar-refractivity contribution in [2.45, 2.75) is 39.0 Å². The highest BCUT2D eigenvalue weighted by atomic mass is 16.8. The van der Waals surface area contributed by atoms with E-state index in [1.807, 2.05) is 72.5 Å². The van der Waals surface area contributed by atoms with E-state index in [0.29, 0.717) is 12.3 Å². The van der Waals surface area contributed by atoms with Crippen molar-refractivity contribution < 1.29 is 52.7 Å². The maximum atomic E-state index is 14.2. The minimum atomic E-state index is -1.23. The lowest BCUT2D eigenvalue weighted by atomic mass is 9.99. The molecular weight excluding hydrogens is 624 g/mol. The number of nitrogens with zero attached hydrogens (tertiary/aromatic N) is 1. The van der Waals surface area contributed by atoms with Crippen molar-refractivity contribution in [3.8, 4) is 11.6 Å². The average molecular weight is 663 g/mol. The Morgan fingerprint density at radius 1 is 0.854 bits per heavy atom. The summed E-state index contributed by atoms with van der Waals surface area (Å²) in [7, 11) is 2.74. The molecule has 0 aliphatic heterocycles. The van der Waals surface area contributed by atoms with Crippen LogP contribution >= 0.6 is 0 Å². The van der Waals surface area contributed by atoms with Gasteiger partial charge in [0.1, 0.15) is 12.4 Å². The van der Waals surface area contributed by atoms with Crippen LogP contribution < -0.4 is 9.47 Å². The van der Waals surface area contributed by atoms with Crippen LogP contribution in [0.3, 0.4) is 0 Å². The Labute approximate surface area is 277 Å². The van der Waals surface area contributed by atoms with Crippen LogP contribution in [0.1, 0.15) is 40.4 Å². The lowest BCUT2D eigenvalue weighted by molar-refractivity contribution is -0.155. The van der Waals surface area contributed by atoms with E-state index in [1.54, 1.807) is 12.1 Å². The normalized spacial score (nSPS) is 11.7. The lowest BCUT2D eigenvalue weighted by Crippen LogP contribution is -2.38. The number of carboxylic acids is 1. The largest absolute Gasteiger partial charge is 0.517 e. The van der Waals surface area contributed by atoms with Gasteiger partial charge in [0.05, 0.1) is 24.9 Å². The first-order valence-corrected chi connectivity index (χ1v) is 15.1. The molecule has 13 nitrogen and oxygen atoms in total. The average Bonchev–Trinajstić information content (AvgIpc) is 3.42. The summed E-state index contributed by atoms with van der Waals surface area (Å²) in [6.07, 6.45) is -1.75. The zero-order valence-electron chi connectivity index (χ0n) is 26.9. The van der Waals surface area contributed by atoms with Crippen LogP contribution in [0.2, 0.25) is 0 Å². The molecule has 1 unspecified atom stereocenters. The predicted molar refractivity (Wildman–Crippen MR) is 173 cm³/mol. The third-order valence-electron chi connectivity index (χ3n) is 7.33. The molecular formula is C35H38N2O11. The lowest BCUT2D eigenvalue weighted by Gasteiger charge is -2.28. The Bertz CT molecular complexity index is 1690. The summed E-state index contributed by atoms with van der Waals surface area (Å²) in [5, 5.41) is 10.1. The first kappa shape index (κ1) is 35.6. The molecule has 2 N–H and O–H groups in total. The highest BCUT2D eigenvalue weighted by Crippen LogP contribution is 2.38. The van der Waals surface area contributed by atoms with Crippen molar-refractivity contribution in [2.24, 2.45) is 0 Å². The smallest absolute Gasteiger partial charge is 0.487 e. The molecule has 0 saturated heterocycles. The number of esters is 1. The van der Waals surface area contributed by atoms with Gasteiger partial charge in [-0.05, 0) is 30.2 Å². The van der Waals surface area contributed by atoms with E-state index in [2.05, 4.69) is 4.98 Å². The van der Waals surface area contributed by atoms with Crippen LogP contribution in [-0.2, 0) is 48.1 Å². The molecule has 0 amide bonds. The van der Waals surface area contributed by atoms with E-state index >= 15 is 0 Å². The molecule has 3 aromatic carbocycles. The highest BCUT2D eigenvalue weighted by Gasteiger charge is 2.28. The van der Waals surface area contributed by atoms with Crippen LogP contribution in [0.15, 0.2) is 72.8 Å². The number of fused-ring (bicyclic) bond motifs is 1. The van der Waals surface area contributed by atoms with Gasteiger partial charge in [-0.3, -0.25) is 19.3 Å². The molecule has 1 aromatic heterocycles. The van der Waals surface area contributed by atoms with Crippen molar-refractivity contribution in [3.05, 3.63) is 95.1 Å². The zero-order valence-corrected chi connectivity index (χ0v) is 26.9. The van der Waals surface area contributed by atoms with Gasteiger partial charge in [-0.2, -0.15) is 0 Å². The Morgan fingerprint density at radius 2 is 1.50 bits per heavy atom. The number of benzene rings is 3. The molecule has 1 heterocycles. The summed E-state index contributed by atoms with van der Waals surface area (Å²) in [5.74, 6) is -2.01. The third kappa shape index (κ3) is 9.88. The monoisotopic (exact) mass is 662 g/mol. The van der Waals surface area contributed by atoms with Gasteiger partial charge in [0, 0.05) is 43.3 Å². The maximum Gasteiger partial charge on any atom is 0.517 e. The van der Waals surface area contributed by atoms with Crippen LogP contribution in [-0.4, -0.2) is 79.3 Å². The quantitative estimate of drug-likeness (QED) is 0.0824. The number of carboxylic acid groups (broad SMARTS) is 1. The van der Waals surface area contributed by atoms with Gasteiger partial charge in [-0.25, -0.2) is 4.79 Å². The van der Waals surface area contributed by atoms with Crippen molar-refractivity contribution in [2.75, 3.05) is 34.4 Å². The molecule has 0 aliphatic carbocycles. The first-order valence-electron chi connectivity index (χ1n) is 15.1. The summed E-state index contributed by atoms with van der Waals surface area (Å²) in [6, 6.07) is 21.5. The minimum absolute atomic E-state index is 0.0128. The molecule has 4 rings (SSSR count). The number of rotatable bonds is 18. The van der Waals surface area contributed by atoms with Crippen molar-refractivity contribution in [1.29, 1.82) is 0 Å². The van der Waals surface area contributed by atoms with Gasteiger partial charge in [0.25, 0.3) is 0 Å². The fourth-order valence-corrected chi connectivity index (χ4v) is 5.05. The third-order valence-corrected chi connectivity index (χ3v) is 7.33. The molecule has 1 atom stereocenters. The number of aromatic amines is 1. The van der Waals surface area contributed by atoms with E-state index in [9.17, 15) is 24.3 Å². The summed E-state index contributed by atoms with van der Waals surface area (Å²) in [6.45, 7) is 1.59. The molecule has 0 bridgehead atoms. The number of Topliss-reactive ketones (excluding diaryl/α,β-unsaturated/α-hetero) is 1. The number of carbonyl (C=O) groups excluding carboxylic acids is 3. The maximum absolute atomic E-state index is 14.2. The Kier molecular flexibility index (Phi) is 13.1. The Hall–Kier alpha value is -5.24. The molecule has 0 radical (unpaired) electrons. The summed E-state index contributed by atoms with van der Waals surface area (Å²) in [4.78, 5) is 55.9. The minimum Gasteiger partial charge on any atom is -0.487 e. The SMILES string of the molecule is COCOC(=O)CC(C)N(CC(=O)c1ccc(OCc2ccccc2)c2[nH]c(OC(=O)OCOC)c(CC(=O)O)c12)Cc1ccccc1. The Morgan fingerprint density at radius 3 is 2.15 bits per heavy atom. The molecule has 0 saturated carbocycles. The fourth-order valence-electron chi connectivity index (χ4n) is 5.05. The van der Waals surface area contributed by atoms with Gasteiger partial charge in [-0.15, -0.1) is 0 Å². The van der Waals surface area contributed by atoms with E-state index in [-0.39, 0.29) is 60.1 Å². The van der Waals surface area contributed by atoms with E-state index in [4.69, 9.17) is 28.4 Å². The first-order chi connectivity index (χ1) is 23.2. The van der Waals surface area contributed by atoms with Crippen LogP contribution in [0.25, 0.3) is 10.9 Å². The zero-order chi connectivity index (χ0) is 34.5. The van der Waals surface area contributed by atoms with Gasteiger partial charge in [-0.1, -0.05) is 60.7 Å². The number of ether oxygens (including phenoxy) is 6.